The summed E-state index contributed by atoms with van der Waals surface area (Å²) >= 11 is 0. The number of carbonyl (C=O) groups is 1. The molecular weight excluding hydrogens is 432 g/mol. The van der Waals surface area contributed by atoms with E-state index in [0.29, 0.717) is 11.6 Å². The van der Waals surface area contributed by atoms with E-state index in [2.05, 4.69) is 19.2 Å². The zero-order chi connectivity index (χ0) is 24.0. The van der Waals surface area contributed by atoms with Gasteiger partial charge >= 0.3 is 0 Å². The van der Waals surface area contributed by atoms with E-state index >= 15 is 0 Å². The number of sulfonamides is 1. The quantitative estimate of drug-likeness (QED) is 0.461. The SMILES string of the molecule is Cc1cccc(N(CC(=O)N[C@H](CC(C)C)c2ccccc2)S(=O)(=O)c2ccccc2)c1C. The van der Waals surface area contributed by atoms with Crippen molar-refractivity contribution in [2.24, 2.45) is 5.92 Å². The van der Waals surface area contributed by atoms with Gasteiger partial charge in [-0.3, -0.25) is 9.10 Å². The van der Waals surface area contributed by atoms with Crippen LogP contribution in [0.5, 0.6) is 0 Å². The first kappa shape index (κ1) is 24.5. The monoisotopic (exact) mass is 464 g/mol. The Morgan fingerprint density at radius 2 is 1.48 bits per heavy atom. The predicted octanol–water partition coefficient (Wildman–Crippen LogP) is 5.40. The molecule has 3 aromatic carbocycles. The van der Waals surface area contributed by atoms with E-state index in [0.717, 1.165) is 23.1 Å². The zero-order valence-corrected chi connectivity index (χ0v) is 20.5. The highest BCUT2D eigenvalue weighted by Crippen LogP contribution is 2.29. The molecule has 0 spiro atoms. The fourth-order valence-corrected chi connectivity index (χ4v) is 5.33. The fraction of sp³-hybridized carbons (Fsp3) is 0.296. The van der Waals surface area contributed by atoms with Crippen LogP contribution >= 0.6 is 0 Å². The number of nitrogens with one attached hydrogen (secondary N) is 1. The van der Waals surface area contributed by atoms with E-state index in [9.17, 15) is 13.2 Å². The summed E-state index contributed by atoms with van der Waals surface area (Å²) in [4.78, 5) is 13.4. The third kappa shape index (κ3) is 6.02. The van der Waals surface area contributed by atoms with Crippen molar-refractivity contribution in [1.82, 2.24) is 5.32 Å². The molecule has 0 bridgehead atoms. The molecular formula is C27H32N2O3S. The van der Waals surface area contributed by atoms with Gasteiger partial charge in [0.05, 0.1) is 16.6 Å². The minimum absolute atomic E-state index is 0.153. The van der Waals surface area contributed by atoms with Gasteiger partial charge in [0.2, 0.25) is 5.91 Å². The average Bonchev–Trinajstić information content (AvgIpc) is 2.80. The number of carbonyl (C=O) groups excluding carboxylic acids is 1. The number of aryl methyl sites for hydroxylation is 1. The lowest BCUT2D eigenvalue weighted by Crippen LogP contribution is -2.42. The van der Waals surface area contributed by atoms with Gasteiger partial charge in [0, 0.05) is 0 Å². The molecule has 0 aliphatic rings. The molecule has 5 nitrogen and oxygen atoms in total. The first-order chi connectivity index (χ1) is 15.7. The van der Waals surface area contributed by atoms with E-state index in [1.54, 1.807) is 36.4 Å². The first-order valence-electron chi connectivity index (χ1n) is 11.2. The van der Waals surface area contributed by atoms with Gasteiger partial charge in [-0.1, -0.05) is 74.5 Å². The Bertz CT molecular complexity index is 1180. The Labute approximate surface area is 197 Å². The van der Waals surface area contributed by atoms with Crippen LogP contribution in [0.25, 0.3) is 0 Å². The molecule has 6 heteroatoms. The molecule has 0 aliphatic heterocycles. The Morgan fingerprint density at radius 3 is 2.09 bits per heavy atom. The molecule has 0 radical (unpaired) electrons. The van der Waals surface area contributed by atoms with Crippen LogP contribution in [0.4, 0.5) is 5.69 Å². The summed E-state index contributed by atoms with van der Waals surface area (Å²) in [6, 6.07) is 23.3. The molecule has 0 unspecified atom stereocenters. The lowest BCUT2D eigenvalue weighted by Gasteiger charge is -2.28. The van der Waals surface area contributed by atoms with Crippen LogP contribution in [0.1, 0.15) is 43.0 Å². The van der Waals surface area contributed by atoms with Gasteiger partial charge in [-0.2, -0.15) is 0 Å². The molecule has 0 saturated carbocycles. The van der Waals surface area contributed by atoms with Crippen molar-refractivity contribution in [2.75, 3.05) is 10.8 Å². The van der Waals surface area contributed by atoms with Gasteiger partial charge in [-0.25, -0.2) is 8.42 Å². The van der Waals surface area contributed by atoms with Crippen LogP contribution in [0.3, 0.4) is 0 Å². The molecule has 1 atom stereocenters. The lowest BCUT2D eigenvalue weighted by molar-refractivity contribution is -0.120. The highest BCUT2D eigenvalue weighted by Gasteiger charge is 2.29. The summed E-state index contributed by atoms with van der Waals surface area (Å²) in [7, 11) is -3.94. The lowest BCUT2D eigenvalue weighted by atomic mass is 9.97. The second kappa shape index (κ2) is 10.7. The van der Waals surface area contributed by atoms with Gasteiger partial charge in [0.25, 0.3) is 10.0 Å². The van der Waals surface area contributed by atoms with Gasteiger partial charge in [0.1, 0.15) is 6.54 Å². The molecule has 3 rings (SSSR count). The summed E-state index contributed by atoms with van der Waals surface area (Å²) in [5.74, 6) is 0.0172. The molecule has 1 amide bonds. The maximum atomic E-state index is 13.6. The van der Waals surface area contributed by atoms with Crippen LogP contribution in [0, 0.1) is 19.8 Å². The average molecular weight is 465 g/mol. The molecule has 0 aromatic heterocycles. The van der Waals surface area contributed by atoms with Crippen LogP contribution < -0.4 is 9.62 Å². The van der Waals surface area contributed by atoms with E-state index in [1.807, 2.05) is 56.3 Å². The molecule has 3 aromatic rings. The van der Waals surface area contributed by atoms with Crippen LogP contribution in [-0.4, -0.2) is 20.9 Å². The number of amides is 1. The zero-order valence-electron chi connectivity index (χ0n) is 19.7. The van der Waals surface area contributed by atoms with Crippen LogP contribution in [-0.2, 0) is 14.8 Å². The Kier molecular flexibility index (Phi) is 7.92. The van der Waals surface area contributed by atoms with Crippen molar-refractivity contribution < 1.29 is 13.2 Å². The largest absolute Gasteiger partial charge is 0.348 e. The van der Waals surface area contributed by atoms with Crippen molar-refractivity contribution in [2.45, 2.75) is 45.1 Å². The van der Waals surface area contributed by atoms with E-state index in [-0.39, 0.29) is 23.4 Å². The minimum Gasteiger partial charge on any atom is -0.348 e. The second-order valence-electron chi connectivity index (χ2n) is 8.70. The highest BCUT2D eigenvalue weighted by atomic mass is 32.2. The third-order valence-electron chi connectivity index (χ3n) is 5.71. The summed E-state index contributed by atoms with van der Waals surface area (Å²) in [5, 5.41) is 3.08. The van der Waals surface area contributed by atoms with E-state index < -0.39 is 10.0 Å². The van der Waals surface area contributed by atoms with Crippen molar-refractivity contribution in [3.05, 3.63) is 95.6 Å². The van der Waals surface area contributed by atoms with Gasteiger partial charge in [-0.05, 0) is 61.1 Å². The maximum absolute atomic E-state index is 13.6. The number of benzene rings is 3. The summed E-state index contributed by atoms with van der Waals surface area (Å²) < 4.78 is 28.4. The summed E-state index contributed by atoms with van der Waals surface area (Å²) in [6.07, 6.45) is 0.755. The Balaban J connectivity index is 1.96. The molecule has 0 heterocycles. The topological polar surface area (TPSA) is 66.5 Å². The predicted molar refractivity (Wildman–Crippen MR) is 134 cm³/mol. The number of hydrogen-bond donors (Lipinski definition) is 1. The van der Waals surface area contributed by atoms with Crippen molar-refractivity contribution >= 4 is 21.6 Å². The molecule has 0 fully saturated rings. The number of hydrogen-bond acceptors (Lipinski definition) is 3. The Hall–Kier alpha value is -3.12. The normalized spacial score (nSPS) is 12.4. The Morgan fingerprint density at radius 1 is 0.879 bits per heavy atom. The molecule has 0 aliphatic carbocycles. The maximum Gasteiger partial charge on any atom is 0.264 e. The third-order valence-corrected chi connectivity index (χ3v) is 7.48. The van der Waals surface area contributed by atoms with Crippen molar-refractivity contribution in [1.29, 1.82) is 0 Å². The van der Waals surface area contributed by atoms with Crippen molar-refractivity contribution in [3.8, 4) is 0 Å². The number of rotatable bonds is 9. The van der Waals surface area contributed by atoms with E-state index in [1.165, 1.54) is 4.31 Å². The van der Waals surface area contributed by atoms with Crippen molar-refractivity contribution in [3.63, 3.8) is 0 Å². The standard InChI is InChI=1S/C27H32N2O3S/c1-20(2)18-25(23-13-7-5-8-14-23)28-27(30)19-29(26-17-11-12-21(3)22(26)4)33(31,32)24-15-9-6-10-16-24/h5-17,20,25H,18-19H2,1-4H3,(H,28,30)/t25-/m1/s1. The summed E-state index contributed by atoms with van der Waals surface area (Å²) in [5.41, 5.74) is 3.30. The van der Waals surface area contributed by atoms with Gasteiger partial charge in [-0.15, -0.1) is 0 Å². The minimum atomic E-state index is -3.94. The van der Waals surface area contributed by atoms with E-state index in [4.69, 9.17) is 0 Å². The number of anilines is 1. The summed E-state index contributed by atoms with van der Waals surface area (Å²) in [6.45, 7) is 7.71. The molecule has 33 heavy (non-hydrogen) atoms. The smallest absolute Gasteiger partial charge is 0.264 e. The van der Waals surface area contributed by atoms with Crippen LogP contribution in [0.2, 0.25) is 0 Å². The van der Waals surface area contributed by atoms with Gasteiger partial charge in [0.15, 0.2) is 0 Å². The molecule has 174 valence electrons. The fourth-order valence-electron chi connectivity index (χ4n) is 3.83. The second-order valence-corrected chi connectivity index (χ2v) is 10.6. The van der Waals surface area contributed by atoms with Gasteiger partial charge < -0.3 is 5.32 Å². The van der Waals surface area contributed by atoms with Crippen LogP contribution in [0.15, 0.2) is 83.8 Å². The molecule has 1 N–H and O–H groups in total. The molecule has 0 saturated heterocycles. The first-order valence-corrected chi connectivity index (χ1v) is 12.6. The highest BCUT2D eigenvalue weighted by molar-refractivity contribution is 7.92. The number of nitrogens with zero attached hydrogens (tertiary/aromatic N) is 1.